The Bertz CT molecular complexity index is 636. The lowest BCUT2D eigenvalue weighted by Gasteiger charge is -2.10. The molecule has 0 atom stereocenters. The van der Waals surface area contributed by atoms with Crippen molar-refractivity contribution in [2.45, 2.75) is 25.4 Å². The minimum absolute atomic E-state index is 0.207. The van der Waals surface area contributed by atoms with Crippen LogP contribution >= 0.6 is 0 Å². The Hall–Kier alpha value is -2.27. The summed E-state index contributed by atoms with van der Waals surface area (Å²) in [5, 5.41) is 2.88. The fraction of sp³-hybridized carbons (Fsp3) is 0.312. The molecule has 5 heteroatoms. The summed E-state index contributed by atoms with van der Waals surface area (Å²) in [6.45, 7) is 0.452. The number of ether oxygens (including phenoxy) is 1. The molecule has 2 aromatic rings. The van der Waals surface area contributed by atoms with Crippen molar-refractivity contribution in [2.75, 3.05) is 12.4 Å². The molecule has 3 rings (SSSR count). The molecule has 0 spiro atoms. The number of amides is 1. The van der Waals surface area contributed by atoms with Crippen molar-refractivity contribution in [3.05, 3.63) is 53.6 Å². The topological polar surface area (TPSA) is 64.1 Å². The van der Waals surface area contributed by atoms with Gasteiger partial charge in [0.05, 0.1) is 12.2 Å². The third kappa shape index (κ3) is 3.25. The Kier molecular flexibility index (Phi) is 3.92. The van der Waals surface area contributed by atoms with Crippen molar-refractivity contribution in [2.24, 2.45) is 0 Å². The molecule has 1 aliphatic rings. The molecule has 0 radical (unpaired) electrons. The van der Waals surface area contributed by atoms with Crippen LogP contribution in [-0.2, 0) is 11.3 Å². The number of aromatic nitrogens is 2. The molecule has 0 bridgehead atoms. The van der Waals surface area contributed by atoms with E-state index in [2.05, 4.69) is 15.3 Å². The molecule has 21 heavy (non-hydrogen) atoms. The third-order valence-corrected chi connectivity index (χ3v) is 3.44. The first-order valence-corrected chi connectivity index (χ1v) is 6.98. The molecule has 1 aliphatic carbocycles. The van der Waals surface area contributed by atoms with E-state index in [1.54, 1.807) is 19.5 Å². The lowest BCUT2D eigenvalue weighted by Crippen LogP contribution is -2.14. The first-order valence-electron chi connectivity index (χ1n) is 6.98. The second-order valence-corrected chi connectivity index (χ2v) is 5.15. The highest BCUT2D eigenvalue weighted by atomic mass is 16.5. The fourth-order valence-electron chi connectivity index (χ4n) is 2.13. The highest BCUT2D eigenvalue weighted by Crippen LogP contribution is 2.37. The van der Waals surface area contributed by atoms with Gasteiger partial charge in [-0.05, 0) is 18.9 Å². The molecular weight excluding hydrogens is 266 g/mol. The number of hydrogen-bond donors (Lipinski definition) is 1. The zero-order valence-electron chi connectivity index (χ0n) is 11.9. The highest BCUT2D eigenvalue weighted by Gasteiger charge is 2.26. The predicted molar refractivity (Wildman–Crippen MR) is 79.1 cm³/mol. The van der Waals surface area contributed by atoms with E-state index in [4.69, 9.17) is 4.74 Å². The number of carbonyl (C=O) groups excluding carboxylic acids is 1. The van der Waals surface area contributed by atoms with Gasteiger partial charge in [-0.3, -0.25) is 4.79 Å². The van der Waals surface area contributed by atoms with Crippen molar-refractivity contribution in [3.8, 4) is 0 Å². The quantitative estimate of drug-likeness (QED) is 0.916. The SMILES string of the molecule is COCc1ccccc1NC(=O)c1cnc(C2CC2)nc1. The second kappa shape index (κ2) is 6.01. The van der Waals surface area contributed by atoms with Crippen LogP contribution in [0.3, 0.4) is 0 Å². The number of anilines is 1. The van der Waals surface area contributed by atoms with E-state index in [-0.39, 0.29) is 5.91 Å². The smallest absolute Gasteiger partial charge is 0.258 e. The van der Waals surface area contributed by atoms with Crippen molar-refractivity contribution in [1.29, 1.82) is 0 Å². The van der Waals surface area contributed by atoms with Crippen LogP contribution in [0.4, 0.5) is 5.69 Å². The fourth-order valence-corrected chi connectivity index (χ4v) is 2.13. The van der Waals surface area contributed by atoms with Crippen LogP contribution in [-0.4, -0.2) is 23.0 Å². The summed E-state index contributed by atoms with van der Waals surface area (Å²) in [5.41, 5.74) is 2.14. The lowest BCUT2D eigenvalue weighted by atomic mass is 10.2. The van der Waals surface area contributed by atoms with Crippen molar-refractivity contribution in [1.82, 2.24) is 9.97 Å². The van der Waals surface area contributed by atoms with Crippen LogP contribution in [0.2, 0.25) is 0 Å². The second-order valence-electron chi connectivity index (χ2n) is 5.15. The molecule has 0 unspecified atom stereocenters. The first kappa shape index (κ1) is 13.7. The molecule has 5 nitrogen and oxygen atoms in total. The zero-order chi connectivity index (χ0) is 14.7. The number of rotatable bonds is 5. The molecule has 1 aromatic heterocycles. The van der Waals surface area contributed by atoms with E-state index >= 15 is 0 Å². The van der Waals surface area contributed by atoms with Gasteiger partial charge in [0.2, 0.25) is 0 Å². The Morgan fingerprint density at radius 3 is 2.67 bits per heavy atom. The maximum absolute atomic E-state index is 12.2. The van der Waals surface area contributed by atoms with Crippen molar-refractivity contribution < 1.29 is 9.53 Å². The van der Waals surface area contributed by atoms with Gasteiger partial charge in [-0.15, -0.1) is 0 Å². The summed E-state index contributed by atoms with van der Waals surface area (Å²) in [6, 6.07) is 7.57. The van der Waals surface area contributed by atoms with Gasteiger partial charge in [0, 0.05) is 36.7 Å². The summed E-state index contributed by atoms with van der Waals surface area (Å²) >= 11 is 0. The standard InChI is InChI=1S/C16H17N3O2/c1-21-10-12-4-2-3-5-14(12)19-16(20)13-8-17-15(18-9-13)11-6-7-11/h2-5,8-9,11H,6-7,10H2,1H3,(H,19,20). The zero-order valence-corrected chi connectivity index (χ0v) is 11.9. The average molecular weight is 283 g/mol. The molecule has 108 valence electrons. The van der Waals surface area contributed by atoms with Gasteiger partial charge >= 0.3 is 0 Å². The monoisotopic (exact) mass is 283 g/mol. The van der Waals surface area contributed by atoms with E-state index in [1.165, 1.54) is 0 Å². The number of hydrogen-bond acceptors (Lipinski definition) is 4. The van der Waals surface area contributed by atoms with Gasteiger partial charge in [-0.25, -0.2) is 9.97 Å². The molecule has 1 fully saturated rings. The first-order chi connectivity index (χ1) is 10.3. The summed E-state index contributed by atoms with van der Waals surface area (Å²) in [6.07, 6.45) is 5.48. The largest absolute Gasteiger partial charge is 0.380 e. The molecule has 1 N–H and O–H groups in total. The molecule has 0 aliphatic heterocycles. The third-order valence-electron chi connectivity index (χ3n) is 3.44. The maximum Gasteiger partial charge on any atom is 0.258 e. The van der Waals surface area contributed by atoms with E-state index in [0.29, 0.717) is 18.1 Å². The summed E-state index contributed by atoms with van der Waals surface area (Å²) in [4.78, 5) is 20.8. The van der Waals surface area contributed by atoms with Crippen LogP contribution in [0.25, 0.3) is 0 Å². The van der Waals surface area contributed by atoms with E-state index in [0.717, 1.165) is 29.9 Å². The summed E-state index contributed by atoms with van der Waals surface area (Å²) in [7, 11) is 1.63. The minimum Gasteiger partial charge on any atom is -0.380 e. The van der Waals surface area contributed by atoms with Crippen molar-refractivity contribution >= 4 is 11.6 Å². The molecule has 1 aromatic carbocycles. The van der Waals surface area contributed by atoms with Crippen LogP contribution in [0.15, 0.2) is 36.7 Å². The lowest BCUT2D eigenvalue weighted by molar-refractivity contribution is 0.102. The molecule has 1 heterocycles. The average Bonchev–Trinajstić information content (AvgIpc) is 3.34. The van der Waals surface area contributed by atoms with E-state index in [1.807, 2.05) is 24.3 Å². The normalized spacial score (nSPS) is 14.0. The molecule has 1 saturated carbocycles. The van der Waals surface area contributed by atoms with Crippen LogP contribution in [0.1, 0.15) is 40.5 Å². The Labute approximate surface area is 123 Å². The Morgan fingerprint density at radius 2 is 2.00 bits per heavy atom. The minimum atomic E-state index is -0.207. The number of carbonyl (C=O) groups is 1. The number of para-hydroxylation sites is 1. The Balaban J connectivity index is 1.73. The van der Waals surface area contributed by atoms with Crippen molar-refractivity contribution in [3.63, 3.8) is 0 Å². The number of benzene rings is 1. The van der Waals surface area contributed by atoms with Gasteiger partial charge in [0.15, 0.2) is 0 Å². The summed E-state index contributed by atoms with van der Waals surface area (Å²) in [5.74, 6) is 1.12. The van der Waals surface area contributed by atoms with Crippen LogP contribution < -0.4 is 5.32 Å². The summed E-state index contributed by atoms with van der Waals surface area (Å²) < 4.78 is 5.13. The maximum atomic E-state index is 12.2. The van der Waals surface area contributed by atoms with Gasteiger partial charge in [-0.2, -0.15) is 0 Å². The highest BCUT2D eigenvalue weighted by molar-refractivity contribution is 6.04. The number of nitrogens with one attached hydrogen (secondary N) is 1. The molecule has 0 saturated heterocycles. The van der Waals surface area contributed by atoms with Gasteiger partial charge in [0.25, 0.3) is 5.91 Å². The number of nitrogens with zero attached hydrogens (tertiary/aromatic N) is 2. The predicted octanol–water partition coefficient (Wildman–Crippen LogP) is 2.75. The molecular formula is C16H17N3O2. The number of methoxy groups -OCH3 is 1. The van der Waals surface area contributed by atoms with Crippen LogP contribution in [0.5, 0.6) is 0 Å². The Morgan fingerprint density at radius 1 is 1.29 bits per heavy atom. The van der Waals surface area contributed by atoms with Gasteiger partial charge < -0.3 is 10.1 Å². The van der Waals surface area contributed by atoms with Gasteiger partial charge in [-0.1, -0.05) is 18.2 Å². The van der Waals surface area contributed by atoms with E-state index < -0.39 is 0 Å². The molecule has 1 amide bonds. The van der Waals surface area contributed by atoms with Gasteiger partial charge in [0.1, 0.15) is 5.82 Å². The van der Waals surface area contributed by atoms with Crippen LogP contribution in [0, 0.1) is 0 Å². The van der Waals surface area contributed by atoms with E-state index in [9.17, 15) is 4.79 Å².